The highest BCUT2D eigenvalue weighted by molar-refractivity contribution is 5.00. The maximum absolute atomic E-state index is 10.5. The molecule has 15 heteroatoms. The van der Waals surface area contributed by atoms with Gasteiger partial charge in [-0.25, -0.2) is 0 Å². The maximum atomic E-state index is 10.5. The van der Waals surface area contributed by atoms with Crippen molar-refractivity contribution in [3.8, 4) is 0 Å². The minimum atomic E-state index is -2.34. The van der Waals surface area contributed by atoms with Gasteiger partial charge in [-0.05, 0) is 0 Å². The van der Waals surface area contributed by atoms with E-state index in [1.54, 1.807) is 0 Å². The molecule has 11 atom stereocenters. The lowest BCUT2D eigenvalue weighted by Gasteiger charge is -2.37. The molecule has 32 heavy (non-hydrogen) atoms. The number of aliphatic hydroxyl groups excluding tert-OH is 11. The number of rotatable bonds is 12. The standard InChI is InChI=1S/C17H32O15/c18-1-7(22)11(24)8(23)4-29-17(15(28)13(26)10(3-20)32-17)6-30-16(5-21)14(27)12(25)9(2-19)31-16/h7-15,18-28H,1-6H2/t7-,8+,9-,10-,11+,12-,13-,14+,15+,16-,17-/m1/s1. The van der Waals surface area contributed by atoms with E-state index in [0.717, 1.165) is 0 Å². The first-order valence-corrected chi connectivity index (χ1v) is 9.86. The summed E-state index contributed by atoms with van der Waals surface area (Å²) in [6.45, 7) is -5.14. The third kappa shape index (κ3) is 5.22. The molecule has 15 nitrogen and oxygen atoms in total. The summed E-state index contributed by atoms with van der Waals surface area (Å²) in [7, 11) is 0. The second-order valence-corrected chi connectivity index (χ2v) is 7.74. The topological polar surface area (TPSA) is 259 Å². The monoisotopic (exact) mass is 476 g/mol. The van der Waals surface area contributed by atoms with Crippen LogP contribution < -0.4 is 0 Å². The van der Waals surface area contributed by atoms with E-state index < -0.39 is 106 Å². The quantitative estimate of drug-likeness (QED) is 0.125. The summed E-state index contributed by atoms with van der Waals surface area (Å²) < 4.78 is 21.3. The van der Waals surface area contributed by atoms with E-state index in [1.807, 2.05) is 0 Å². The normalized spacial score (nSPS) is 42.8. The lowest BCUT2D eigenvalue weighted by Crippen LogP contribution is -2.56. The largest absolute Gasteiger partial charge is 0.394 e. The van der Waals surface area contributed by atoms with E-state index >= 15 is 0 Å². The van der Waals surface area contributed by atoms with Crippen molar-refractivity contribution in [3.05, 3.63) is 0 Å². The van der Waals surface area contributed by atoms with Gasteiger partial charge in [0.05, 0.1) is 26.4 Å². The van der Waals surface area contributed by atoms with Crippen LogP contribution in [0.4, 0.5) is 0 Å². The van der Waals surface area contributed by atoms with E-state index in [4.69, 9.17) is 24.1 Å². The van der Waals surface area contributed by atoms with Crippen LogP contribution in [0.25, 0.3) is 0 Å². The maximum Gasteiger partial charge on any atom is 0.222 e. The number of aliphatic hydroxyl groups is 11. The minimum Gasteiger partial charge on any atom is -0.394 e. The Hall–Kier alpha value is -0.600. The summed E-state index contributed by atoms with van der Waals surface area (Å²) >= 11 is 0. The molecule has 0 aromatic carbocycles. The molecule has 11 N–H and O–H groups in total. The summed E-state index contributed by atoms with van der Waals surface area (Å²) in [6.07, 6.45) is -15.2. The Labute approximate surface area is 182 Å². The molecule has 2 heterocycles. The molecule has 0 radical (unpaired) electrons. The molecule has 0 aliphatic carbocycles. The molecule has 2 fully saturated rings. The second-order valence-electron chi connectivity index (χ2n) is 7.74. The predicted octanol–water partition coefficient (Wildman–Crippen LogP) is -7.29. The summed E-state index contributed by atoms with van der Waals surface area (Å²) in [5.74, 6) is -4.63. The van der Waals surface area contributed by atoms with Crippen molar-refractivity contribution < 1.29 is 75.1 Å². The van der Waals surface area contributed by atoms with Crippen LogP contribution in [0.1, 0.15) is 0 Å². The van der Waals surface area contributed by atoms with Crippen LogP contribution in [0, 0.1) is 0 Å². The van der Waals surface area contributed by atoms with Gasteiger partial charge in [0.2, 0.25) is 11.6 Å². The Morgan fingerprint density at radius 2 is 1.22 bits per heavy atom. The summed E-state index contributed by atoms with van der Waals surface area (Å²) in [5.41, 5.74) is 0. The van der Waals surface area contributed by atoms with Gasteiger partial charge in [-0.15, -0.1) is 0 Å². The fraction of sp³-hybridized carbons (Fsp3) is 1.00. The fourth-order valence-electron chi connectivity index (χ4n) is 3.50. The van der Waals surface area contributed by atoms with Crippen molar-refractivity contribution >= 4 is 0 Å². The van der Waals surface area contributed by atoms with Crippen molar-refractivity contribution in [1.82, 2.24) is 0 Å². The molecule has 0 aromatic heterocycles. The van der Waals surface area contributed by atoms with Crippen molar-refractivity contribution in [2.45, 2.75) is 66.5 Å². The highest BCUT2D eigenvalue weighted by atomic mass is 16.8. The van der Waals surface area contributed by atoms with Gasteiger partial charge in [0.15, 0.2) is 0 Å². The van der Waals surface area contributed by atoms with Gasteiger partial charge in [0.25, 0.3) is 0 Å². The van der Waals surface area contributed by atoms with Crippen LogP contribution in [0.15, 0.2) is 0 Å². The van der Waals surface area contributed by atoms with Crippen LogP contribution >= 0.6 is 0 Å². The van der Waals surface area contributed by atoms with Gasteiger partial charge >= 0.3 is 0 Å². The zero-order valence-electron chi connectivity index (χ0n) is 17.0. The van der Waals surface area contributed by atoms with Crippen molar-refractivity contribution in [3.63, 3.8) is 0 Å². The van der Waals surface area contributed by atoms with Crippen LogP contribution in [0.5, 0.6) is 0 Å². The summed E-state index contributed by atoms with van der Waals surface area (Å²) in [4.78, 5) is 0. The molecule has 0 amide bonds. The molecule has 2 aliphatic rings. The van der Waals surface area contributed by atoms with Crippen molar-refractivity contribution in [1.29, 1.82) is 0 Å². The zero-order valence-corrected chi connectivity index (χ0v) is 17.0. The highest BCUT2D eigenvalue weighted by Gasteiger charge is 2.60. The van der Waals surface area contributed by atoms with Gasteiger partial charge in [-0.1, -0.05) is 0 Å². The third-order valence-corrected chi connectivity index (χ3v) is 5.58. The van der Waals surface area contributed by atoms with E-state index in [9.17, 15) is 51.1 Å². The Kier molecular flexibility index (Phi) is 9.69. The Morgan fingerprint density at radius 3 is 1.66 bits per heavy atom. The third-order valence-electron chi connectivity index (χ3n) is 5.58. The molecule has 2 aliphatic heterocycles. The number of hydrogen-bond donors (Lipinski definition) is 11. The first-order valence-electron chi connectivity index (χ1n) is 9.86. The van der Waals surface area contributed by atoms with Gasteiger partial charge in [-0.2, -0.15) is 0 Å². The predicted molar refractivity (Wildman–Crippen MR) is 97.5 cm³/mol. The molecular weight excluding hydrogens is 444 g/mol. The first kappa shape index (κ1) is 27.6. The molecule has 0 aromatic rings. The van der Waals surface area contributed by atoms with Gasteiger partial charge in [-0.3, -0.25) is 0 Å². The first-order chi connectivity index (χ1) is 15.0. The average molecular weight is 476 g/mol. The molecule has 2 saturated heterocycles. The van der Waals surface area contributed by atoms with Gasteiger partial charge < -0.3 is 75.1 Å². The lowest BCUT2D eigenvalue weighted by atomic mass is 10.0. The molecule has 0 bridgehead atoms. The van der Waals surface area contributed by atoms with Crippen molar-refractivity contribution in [2.24, 2.45) is 0 Å². The molecule has 0 unspecified atom stereocenters. The fourth-order valence-corrected chi connectivity index (χ4v) is 3.50. The molecule has 190 valence electrons. The SMILES string of the molecule is OC[C@@H](O)[C@H](O)[C@@H](O)CO[C@]1(CO[C@]2(CO)O[C@H](CO)[C@@H](O)[C@@H]2O)O[C@H](CO)[C@@H](O)[C@@H]1O. The minimum absolute atomic E-state index is 0.729. The smallest absolute Gasteiger partial charge is 0.222 e. The van der Waals surface area contributed by atoms with Gasteiger partial charge in [0, 0.05) is 0 Å². The molecule has 0 spiro atoms. The van der Waals surface area contributed by atoms with E-state index in [2.05, 4.69) is 0 Å². The highest BCUT2D eigenvalue weighted by Crippen LogP contribution is 2.38. The van der Waals surface area contributed by atoms with Crippen LogP contribution in [0.2, 0.25) is 0 Å². The molecular formula is C17H32O15. The molecule has 0 saturated carbocycles. The average Bonchev–Trinajstić information content (AvgIpc) is 3.20. The summed E-state index contributed by atoms with van der Waals surface area (Å²) in [5, 5.41) is 107. The lowest BCUT2D eigenvalue weighted by molar-refractivity contribution is -0.343. The van der Waals surface area contributed by atoms with E-state index in [-0.39, 0.29) is 0 Å². The zero-order chi connectivity index (χ0) is 24.3. The van der Waals surface area contributed by atoms with Crippen molar-refractivity contribution in [2.75, 3.05) is 39.6 Å². The Balaban J connectivity index is 2.21. The number of hydrogen-bond acceptors (Lipinski definition) is 15. The number of ether oxygens (including phenoxy) is 4. The van der Waals surface area contributed by atoms with Crippen LogP contribution in [0.3, 0.4) is 0 Å². The summed E-state index contributed by atoms with van der Waals surface area (Å²) in [6, 6.07) is 0. The van der Waals surface area contributed by atoms with Gasteiger partial charge in [0.1, 0.15) is 68.1 Å². The van der Waals surface area contributed by atoms with Crippen LogP contribution in [-0.4, -0.2) is 162 Å². The molecule has 2 rings (SSSR count). The Bertz CT molecular complexity index is 582. The van der Waals surface area contributed by atoms with E-state index in [0.29, 0.717) is 0 Å². The Morgan fingerprint density at radius 1 is 0.719 bits per heavy atom. The van der Waals surface area contributed by atoms with E-state index in [1.165, 1.54) is 0 Å². The van der Waals surface area contributed by atoms with Crippen LogP contribution in [-0.2, 0) is 18.9 Å². The second kappa shape index (κ2) is 11.2.